The third-order valence-electron chi connectivity index (χ3n) is 7.60. The molecule has 2 amide bonds. The number of carbonyl (C=O) groups excluding carboxylic acids is 2. The number of hydrogen-bond acceptors (Lipinski definition) is 4. The summed E-state index contributed by atoms with van der Waals surface area (Å²) in [6.45, 7) is 2.61. The Morgan fingerprint density at radius 2 is 1.71 bits per heavy atom. The molecule has 2 aliphatic carbocycles. The van der Waals surface area contributed by atoms with Crippen LogP contribution in [0.4, 0.5) is 4.79 Å². The molecule has 3 unspecified atom stereocenters. The second-order valence-electron chi connectivity index (χ2n) is 9.81. The SMILES string of the molecule is C[C@@H](CC(=O)N1CC2CCC1C(C(=O)O)C2)NC(=O)OCC1c2ccccc2-c2ccccc21. The van der Waals surface area contributed by atoms with Crippen LogP contribution in [0.1, 0.15) is 49.7 Å². The molecule has 2 aromatic rings. The number of hydrogen-bond donors (Lipinski definition) is 2. The van der Waals surface area contributed by atoms with E-state index in [0.29, 0.717) is 13.0 Å². The lowest BCUT2D eigenvalue weighted by molar-refractivity contribution is -0.155. The van der Waals surface area contributed by atoms with Crippen molar-refractivity contribution in [1.82, 2.24) is 10.2 Å². The van der Waals surface area contributed by atoms with Crippen molar-refractivity contribution in [2.75, 3.05) is 13.2 Å². The number of ether oxygens (including phenoxy) is 1. The van der Waals surface area contributed by atoms with Gasteiger partial charge in [0.25, 0.3) is 0 Å². The minimum Gasteiger partial charge on any atom is -0.481 e. The van der Waals surface area contributed by atoms with E-state index in [2.05, 4.69) is 29.6 Å². The second kappa shape index (κ2) is 9.12. The first-order valence-corrected chi connectivity index (χ1v) is 12.1. The van der Waals surface area contributed by atoms with Crippen molar-refractivity contribution in [2.24, 2.45) is 11.8 Å². The van der Waals surface area contributed by atoms with E-state index in [4.69, 9.17) is 4.74 Å². The third kappa shape index (κ3) is 4.15. The molecule has 178 valence electrons. The first-order chi connectivity index (χ1) is 16.4. The number of aliphatic carboxylic acids is 1. The minimum absolute atomic E-state index is 0.0214. The van der Waals surface area contributed by atoms with E-state index in [1.807, 2.05) is 24.3 Å². The molecule has 2 saturated heterocycles. The average Bonchev–Trinajstić information content (AvgIpc) is 3.16. The number of benzene rings is 2. The van der Waals surface area contributed by atoms with Crippen LogP contribution in [0, 0.1) is 11.8 Å². The smallest absolute Gasteiger partial charge is 0.407 e. The minimum atomic E-state index is -0.822. The molecular weight excluding hydrogens is 432 g/mol. The maximum absolute atomic E-state index is 12.9. The average molecular weight is 463 g/mol. The number of carbonyl (C=O) groups is 3. The predicted molar refractivity (Wildman–Crippen MR) is 126 cm³/mol. The Balaban J connectivity index is 1.16. The van der Waals surface area contributed by atoms with Crippen LogP contribution in [0.3, 0.4) is 0 Å². The highest BCUT2D eigenvalue weighted by Crippen LogP contribution is 2.44. The summed E-state index contributed by atoms with van der Waals surface area (Å²) in [4.78, 5) is 38.8. The third-order valence-corrected chi connectivity index (χ3v) is 7.60. The van der Waals surface area contributed by atoms with Gasteiger partial charge in [0.2, 0.25) is 5.91 Å². The van der Waals surface area contributed by atoms with Crippen LogP contribution in [0.25, 0.3) is 11.1 Å². The molecule has 0 spiro atoms. The highest BCUT2D eigenvalue weighted by Gasteiger charge is 2.45. The van der Waals surface area contributed by atoms with Crippen molar-refractivity contribution in [2.45, 2.75) is 50.6 Å². The normalized spacial score (nSPS) is 23.7. The first kappa shape index (κ1) is 22.4. The largest absolute Gasteiger partial charge is 0.481 e. The van der Waals surface area contributed by atoms with Crippen molar-refractivity contribution in [3.8, 4) is 11.1 Å². The Labute approximate surface area is 199 Å². The lowest BCUT2D eigenvalue weighted by atomic mass is 9.72. The van der Waals surface area contributed by atoms with E-state index in [0.717, 1.165) is 24.0 Å². The van der Waals surface area contributed by atoms with Crippen molar-refractivity contribution in [3.05, 3.63) is 59.7 Å². The zero-order chi connectivity index (χ0) is 23.8. The Kier molecular flexibility index (Phi) is 6.02. The van der Waals surface area contributed by atoms with Crippen molar-refractivity contribution in [1.29, 1.82) is 0 Å². The Hall–Kier alpha value is -3.35. The summed E-state index contributed by atoms with van der Waals surface area (Å²) in [6.07, 6.45) is 1.94. The van der Waals surface area contributed by atoms with Crippen LogP contribution in [0.5, 0.6) is 0 Å². The summed E-state index contributed by atoms with van der Waals surface area (Å²) in [7, 11) is 0. The molecule has 6 rings (SSSR count). The van der Waals surface area contributed by atoms with Crippen molar-refractivity contribution in [3.63, 3.8) is 0 Å². The van der Waals surface area contributed by atoms with Gasteiger partial charge in [-0.05, 0) is 54.4 Å². The van der Waals surface area contributed by atoms with Gasteiger partial charge in [-0.1, -0.05) is 48.5 Å². The van der Waals surface area contributed by atoms with Crippen LogP contribution in [-0.4, -0.2) is 53.2 Å². The number of alkyl carbamates (subject to hydrolysis) is 1. The van der Waals surface area contributed by atoms with Gasteiger partial charge in [0, 0.05) is 31.0 Å². The fraction of sp³-hybridized carbons (Fsp3) is 0.444. The van der Waals surface area contributed by atoms with Gasteiger partial charge in [0.15, 0.2) is 0 Å². The second-order valence-corrected chi connectivity index (χ2v) is 9.81. The Morgan fingerprint density at radius 3 is 2.32 bits per heavy atom. The Bertz CT molecular complexity index is 1070. The molecule has 4 atom stereocenters. The summed E-state index contributed by atoms with van der Waals surface area (Å²) in [5.74, 6) is -1.18. The lowest BCUT2D eigenvalue weighted by Gasteiger charge is -2.48. The molecule has 2 bridgehead atoms. The number of nitrogens with zero attached hydrogens (tertiary/aromatic N) is 1. The molecule has 0 radical (unpaired) electrons. The Morgan fingerprint density at radius 1 is 1.06 bits per heavy atom. The van der Waals surface area contributed by atoms with Gasteiger partial charge in [-0.2, -0.15) is 0 Å². The van der Waals surface area contributed by atoms with Crippen LogP contribution >= 0.6 is 0 Å². The van der Waals surface area contributed by atoms with Crippen molar-refractivity contribution >= 4 is 18.0 Å². The monoisotopic (exact) mass is 462 g/mol. The zero-order valence-corrected chi connectivity index (χ0v) is 19.3. The molecule has 2 heterocycles. The van der Waals surface area contributed by atoms with Gasteiger partial charge >= 0.3 is 12.1 Å². The fourth-order valence-corrected chi connectivity index (χ4v) is 6.02. The quantitative estimate of drug-likeness (QED) is 0.676. The topological polar surface area (TPSA) is 95.9 Å². The van der Waals surface area contributed by atoms with E-state index >= 15 is 0 Å². The number of fused-ring (bicyclic) bond motifs is 6. The zero-order valence-electron chi connectivity index (χ0n) is 19.3. The van der Waals surface area contributed by atoms with Gasteiger partial charge < -0.3 is 20.1 Å². The molecule has 2 aliphatic heterocycles. The fourth-order valence-electron chi connectivity index (χ4n) is 6.02. The molecule has 7 heteroatoms. The maximum Gasteiger partial charge on any atom is 0.407 e. The van der Waals surface area contributed by atoms with Gasteiger partial charge in [0.1, 0.15) is 6.61 Å². The van der Waals surface area contributed by atoms with E-state index in [-0.39, 0.29) is 36.8 Å². The predicted octanol–water partition coefficient (Wildman–Crippen LogP) is 4.02. The van der Waals surface area contributed by atoms with E-state index in [1.54, 1.807) is 11.8 Å². The standard InChI is InChI=1S/C27H30N2O5/c1-16(12-25(30)29-14-17-10-11-24(29)22(13-17)26(31)32)28-27(33)34-15-23-20-8-4-2-6-18(20)19-7-3-5-9-21(19)23/h2-9,16-17,22-24H,10-15H2,1H3,(H,28,33)(H,31,32)/t16-,17?,22?,24?/m0/s1. The van der Waals surface area contributed by atoms with Gasteiger partial charge in [-0.15, -0.1) is 0 Å². The van der Waals surface area contributed by atoms with Gasteiger partial charge in [-0.3, -0.25) is 9.59 Å². The summed E-state index contributed by atoms with van der Waals surface area (Å²) >= 11 is 0. The van der Waals surface area contributed by atoms with E-state index in [1.165, 1.54) is 11.1 Å². The summed E-state index contributed by atoms with van der Waals surface area (Å²) in [6, 6.07) is 15.7. The van der Waals surface area contributed by atoms with Gasteiger partial charge in [0.05, 0.1) is 5.92 Å². The van der Waals surface area contributed by atoms with Crippen molar-refractivity contribution < 1.29 is 24.2 Å². The number of piperidine rings is 2. The summed E-state index contributed by atoms with van der Waals surface area (Å²) in [5.41, 5.74) is 4.63. The van der Waals surface area contributed by atoms with E-state index < -0.39 is 24.0 Å². The van der Waals surface area contributed by atoms with Crippen LogP contribution in [0.15, 0.2) is 48.5 Å². The molecule has 34 heavy (non-hydrogen) atoms. The maximum atomic E-state index is 12.9. The number of rotatable bonds is 6. The highest BCUT2D eigenvalue weighted by atomic mass is 16.5. The number of amides is 2. The van der Waals surface area contributed by atoms with E-state index in [9.17, 15) is 19.5 Å². The molecule has 0 aromatic heterocycles. The van der Waals surface area contributed by atoms with Crippen LogP contribution in [0.2, 0.25) is 0 Å². The molecule has 4 aliphatic rings. The molecule has 2 aromatic carbocycles. The number of carboxylic acids is 1. The summed E-state index contributed by atoms with van der Waals surface area (Å²) < 4.78 is 5.58. The first-order valence-electron chi connectivity index (χ1n) is 12.1. The molecule has 2 N–H and O–H groups in total. The molecule has 1 saturated carbocycles. The molecule has 7 nitrogen and oxygen atoms in total. The van der Waals surface area contributed by atoms with Gasteiger partial charge in [-0.25, -0.2) is 4.79 Å². The number of carboxylic acid groups (broad SMARTS) is 1. The molecule has 3 fully saturated rings. The number of nitrogens with one attached hydrogen (secondary N) is 1. The lowest BCUT2D eigenvalue weighted by Crippen LogP contribution is -2.57. The van der Waals surface area contributed by atoms with Crippen LogP contribution < -0.4 is 5.32 Å². The summed E-state index contributed by atoms with van der Waals surface area (Å²) in [5, 5.41) is 12.3. The highest BCUT2D eigenvalue weighted by molar-refractivity contribution is 5.81. The molecular formula is C27H30N2O5. The van der Waals surface area contributed by atoms with Crippen LogP contribution in [-0.2, 0) is 14.3 Å².